The second-order valence-electron chi connectivity index (χ2n) is 3.38. The second-order valence-corrected chi connectivity index (χ2v) is 3.83. The Morgan fingerprint density at radius 1 is 1.21 bits per heavy atom. The van der Waals surface area contributed by atoms with Crippen LogP contribution in [0.5, 0.6) is 0 Å². The maximum atomic E-state index is 11.7. The van der Waals surface area contributed by atoms with Gasteiger partial charge in [0.05, 0.1) is 13.0 Å². The lowest BCUT2D eigenvalue weighted by Gasteiger charge is -2.10. The maximum absolute atomic E-state index is 11.7. The largest absolute Gasteiger partial charge is 0.391 e. The normalized spacial score (nSPS) is 14.4. The zero-order valence-corrected chi connectivity index (χ0v) is 9.20. The van der Waals surface area contributed by atoms with Gasteiger partial charge in [-0.1, -0.05) is 6.92 Å². The molecule has 0 N–H and O–H groups in total. The fraction of sp³-hybridized carbons (Fsp3) is 1.00. The first-order valence-electron chi connectivity index (χ1n) is 4.71. The zero-order valence-electron chi connectivity index (χ0n) is 8.31. The number of hydrogen-bond donors (Lipinski definition) is 1. The molecule has 0 rings (SSSR count). The summed E-state index contributed by atoms with van der Waals surface area (Å²) in [4.78, 5) is 0. The van der Waals surface area contributed by atoms with E-state index in [4.69, 9.17) is 4.74 Å². The van der Waals surface area contributed by atoms with E-state index < -0.39 is 12.6 Å². The van der Waals surface area contributed by atoms with Crippen LogP contribution in [0.4, 0.5) is 13.2 Å². The average molecular weight is 230 g/mol. The average Bonchev–Trinajstić information content (AvgIpc) is 2.02. The molecule has 0 aliphatic carbocycles. The first-order valence-corrected chi connectivity index (χ1v) is 5.34. The summed E-state index contributed by atoms with van der Waals surface area (Å²) in [5, 5.41) is 0. The lowest BCUT2D eigenvalue weighted by Crippen LogP contribution is -2.12. The number of ether oxygens (including phenoxy) is 1. The van der Waals surface area contributed by atoms with Crippen LogP contribution in [0.3, 0.4) is 0 Å². The maximum Gasteiger partial charge on any atom is 0.391 e. The quantitative estimate of drug-likeness (QED) is 0.521. The molecule has 0 aliphatic rings. The predicted octanol–water partition coefficient (Wildman–Crippen LogP) is 3.30. The first kappa shape index (κ1) is 14.1. The summed E-state index contributed by atoms with van der Waals surface area (Å²) >= 11 is 4.07. The van der Waals surface area contributed by atoms with Gasteiger partial charge in [0.2, 0.25) is 0 Å². The molecule has 1 unspecified atom stereocenters. The molecule has 0 aromatic rings. The van der Waals surface area contributed by atoms with Crippen molar-refractivity contribution >= 4 is 12.6 Å². The van der Waals surface area contributed by atoms with Crippen LogP contribution in [0.1, 0.15) is 26.2 Å². The highest BCUT2D eigenvalue weighted by molar-refractivity contribution is 7.80. The van der Waals surface area contributed by atoms with E-state index in [1.165, 1.54) is 0 Å². The Morgan fingerprint density at radius 2 is 1.86 bits per heavy atom. The van der Waals surface area contributed by atoms with Gasteiger partial charge in [0, 0.05) is 6.61 Å². The third-order valence-corrected chi connectivity index (χ3v) is 2.16. The molecule has 0 aromatic heterocycles. The van der Waals surface area contributed by atoms with Gasteiger partial charge in [0.1, 0.15) is 0 Å². The summed E-state index contributed by atoms with van der Waals surface area (Å²) in [6.45, 7) is 2.23. The first-order chi connectivity index (χ1) is 6.45. The lowest BCUT2D eigenvalue weighted by atomic mass is 10.1. The SMILES string of the molecule is CC(CCS)CCOCCC(F)(F)F. The molecule has 1 nitrogen and oxygen atoms in total. The molecular formula is C9H17F3OS. The van der Waals surface area contributed by atoms with Crippen molar-refractivity contribution < 1.29 is 17.9 Å². The van der Waals surface area contributed by atoms with Gasteiger partial charge in [-0.25, -0.2) is 0 Å². The molecule has 0 radical (unpaired) electrons. The minimum absolute atomic E-state index is 0.225. The second kappa shape index (κ2) is 7.40. The number of thiol groups is 1. The third kappa shape index (κ3) is 10.2. The smallest absolute Gasteiger partial charge is 0.381 e. The molecule has 1 atom stereocenters. The van der Waals surface area contributed by atoms with Crippen LogP contribution in [-0.2, 0) is 4.74 Å². The highest BCUT2D eigenvalue weighted by Crippen LogP contribution is 2.19. The van der Waals surface area contributed by atoms with Crippen LogP contribution in [-0.4, -0.2) is 25.1 Å². The van der Waals surface area contributed by atoms with Gasteiger partial charge in [0.15, 0.2) is 0 Å². The van der Waals surface area contributed by atoms with Gasteiger partial charge in [0.25, 0.3) is 0 Å². The van der Waals surface area contributed by atoms with Crippen molar-refractivity contribution in [1.82, 2.24) is 0 Å². The van der Waals surface area contributed by atoms with Crippen molar-refractivity contribution in [2.24, 2.45) is 5.92 Å². The van der Waals surface area contributed by atoms with E-state index in [0.29, 0.717) is 12.5 Å². The topological polar surface area (TPSA) is 9.23 Å². The summed E-state index contributed by atoms with van der Waals surface area (Å²) in [5.74, 6) is 1.28. The Hall–Kier alpha value is 0.100. The Balaban J connectivity index is 3.21. The van der Waals surface area contributed by atoms with Crippen molar-refractivity contribution in [3.63, 3.8) is 0 Å². The van der Waals surface area contributed by atoms with Gasteiger partial charge in [-0.3, -0.25) is 0 Å². The van der Waals surface area contributed by atoms with Crippen LogP contribution in [0, 0.1) is 5.92 Å². The molecule has 0 fully saturated rings. The van der Waals surface area contributed by atoms with Crippen molar-refractivity contribution in [2.45, 2.75) is 32.4 Å². The summed E-state index contributed by atoms with van der Waals surface area (Å²) in [6, 6.07) is 0. The Labute approximate surface area is 88.4 Å². The molecule has 0 saturated carbocycles. The van der Waals surface area contributed by atoms with Crippen molar-refractivity contribution in [3.8, 4) is 0 Å². The van der Waals surface area contributed by atoms with E-state index in [0.717, 1.165) is 18.6 Å². The van der Waals surface area contributed by atoms with E-state index in [1.54, 1.807) is 0 Å². The van der Waals surface area contributed by atoms with Crippen molar-refractivity contribution in [2.75, 3.05) is 19.0 Å². The number of alkyl halides is 3. The van der Waals surface area contributed by atoms with E-state index in [9.17, 15) is 13.2 Å². The molecule has 0 saturated heterocycles. The molecule has 0 bridgehead atoms. The number of halogens is 3. The molecule has 0 spiro atoms. The van der Waals surface area contributed by atoms with E-state index in [1.807, 2.05) is 6.92 Å². The molecule has 0 aliphatic heterocycles. The minimum Gasteiger partial charge on any atom is -0.381 e. The predicted molar refractivity (Wildman–Crippen MR) is 53.7 cm³/mol. The van der Waals surface area contributed by atoms with Crippen LogP contribution in [0.2, 0.25) is 0 Å². The van der Waals surface area contributed by atoms with Crippen LogP contribution < -0.4 is 0 Å². The van der Waals surface area contributed by atoms with E-state index in [-0.39, 0.29) is 6.61 Å². The van der Waals surface area contributed by atoms with Crippen LogP contribution in [0.25, 0.3) is 0 Å². The summed E-state index contributed by atoms with van der Waals surface area (Å²) in [5.41, 5.74) is 0. The third-order valence-electron chi connectivity index (χ3n) is 1.91. The van der Waals surface area contributed by atoms with E-state index in [2.05, 4.69) is 12.6 Å². The summed E-state index contributed by atoms with van der Waals surface area (Å²) in [6.07, 6.45) is -3.17. The van der Waals surface area contributed by atoms with Gasteiger partial charge in [-0.2, -0.15) is 25.8 Å². The standard InChI is InChI=1S/C9H17F3OS/c1-8(3-7-14)2-5-13-6-4-9(10,11)12/h8,14H,2-7H2,1H3. The lowest BCUT2D eigenvalue weighted by molar-refractivity contribution is -0.145. The number of hydrogen-bond acceptors (Lipinski definition) is 2. The van der Waals surface area contributed by atoms with Gasteiger partial charge in [-0.15, -0.1) is 0 Å². The monoisotopic (exact) mass is 230 g/mol. The molecule has 0 amide bonds. The Bertz CT molecular complexity index is 139. The molecular weight excluding hydrogens is 213 g/mol. The minimum atomic E-state index is -4.10. The highest BCUT2D eigenvalue weighted by Gasteiger charge is 2.26. The van der Waals surface area contributed by atoms with Gasteiger partial charge < -0.3 is 4.74 Å². The summed E-state index contributed by atoms with van der Waals surface area (Å²) in [7, 11) is 0. The molecule has 5 heteroatoms. The Kier molecular flexibility index (Phi) is 7.45. The molecule has 0 aromatic carbocycles. The highest BCUT2D eigenvalue weighted by atomic mass is 32.1. The number of rotatable bonds is 7. The van der Waals surface area contributed by atoms with Crippen molar-refractivity contribution in [3.05, 3.63) is 0 Å². The molecule has 0 heterocycles. The van der Waals surface area contributed by atoms with Crippen LogP contribution in [0.15, 0.2) is 0 Å². The summed E-state index contributed by atoms with van der Waals surface area (Å²) < 4.78 is 39.9. The van der Waals surface area contributed by atoms with Crippen LogP contribution >= 0.6 is 12.6 Å². The molecule has 14 heavy (non-hydrogen) atoms. The van der Waals surface area contributed by atoms with E-state index >= 15 is 0 Å². The van der Waals surface area contributed by atoms with Gasteiger partial charge in [-0.05, 0) is 24.5 Å². The van der Waals surface area contributed by atoms with Gasteiger partial charge >= 0.3 is 6.18 Å². The fourth-order valence-corrected chi connectivity index (χ4v) is 1.38. The molecule has 86 valence electrons. The zero-order chi connectivity index (χ0) is 11.0. The Morgan fingerprint density at radius 3 is 2.36 bits per heavy atom. The van der Waals surface area contributed by atoms with Crippen molar-refractivity contribution in [1.29, 1.82) is 0 Å². The fourth-order valence-electron chi connectivity index (χ4n) is 0.939.